The van der Waals surface area contributed by atoms with Crippen molar-refractivity contribution < 1.29 is 0 Å². The molecule has 0 fully saturated rings. The lowest BCUT2D eigenvalue weighted by Gasteiger charge is -2.15. The largest absolute Gasteiger partial charge is 0.271 e. The molecule has 3 N–H and O–H groups in total. The molecular weight excluding hydrogens is 320 g/mol. The van der Waals surface area contributed by atoms with Crippen LogP contribution in [0.15, 0.2) is 34.1 Å². The van der Waals surface area contributed by atoms with Gasteiger partial charge in [0.15, 0.2) is 0 Å². The molecule has 0 saturated carbocycles. The van der Waals surface area contributed by atoms with Gasteiger partial charge in [-0.3, -0.25) is 5.84 Å². The Morgan fingerprint density at radius 2 is 2.12 bits per heavy atom. The first-order valence-corrected chi connectivity index (χ1v) is 7.08. The molecule has 2 aromatic rings. The van der Waals surface area contributed by atoms with E-state index in [9.17, 15) is 0 Å². The summed E-state index contributed by atoms with van der Waals surface area (Å²) in [4.78, 5) is 1.15. The van der Waals surface area contributed by atoms with E-state index in [1.165, 1.54) is 0 Å². The standard InChI is InChI=1S/C12H12BrClN2S/c1-7-2-3-8(6-9(7)14)12(16-15)10-4-5-11(13)17-10/h2-6,12,16H,15H2,1H3. The maximum Gasteiger partial charge on any atom is 0.0803 e. The van der Waals surface area contributed by atoms with Crippen molar-refractivity contribution in [1.82, 2.24) is 5.43 Å². The van der Waals surface area contributed by atoms with Crippen LogP contribution in [-0.2, 0) is 0 Å². The van der Waals surface area contributed by atoms with Gasteiger partial charge in [0.25, 0.3) is 0 Å². The van der Waals surface area contributed by atoms with Crippen molar-refractivity contribution in [3.63, 3.8) is 0 Å². The first kappa shape index (κ1) is 13.1. The quantitative estimate of drug-likeness (QED) is 0.658. The number of rotatable bonds is 3. The smallest absolute Gasteiger partial charge is 0.0803 e. The fourth-order valence-corrected chi connectivity index (χ4v) is 3.32. The van der Waals surface area contributed by atoms with E-state index >= 15 is 0 Å². The molecule has 5 heteroatoms. The van der Waals surface area contributed by atoms with Gasteiger partial charge in [-0.15, -0.1) is 11.3 Å². The highest BCUT2D eigenvalue weighted by molar-refractivity contribution is 9.11. The van der Waals surface area contributed by atoms with Gasteiger partial charge in [0.2, 0.25) is 0 Å². The van der Waals surface area contributed by atoms with Gasteiger partial charge in [0.1, 0.15) is 0 Å². The van der Waals surface area contributed by atoms with Gasteiger partial charge in [-0.1, -0.05) is 23.7 Å². The number of hydrazine groups is 1. The second kappa shape index (κ2) is 5.50. The van der Waals surface area contributed by atoms with Gasteiger partial charge in [-0.2, -0.15) is 0 Å². The van der Waals surface area contributed by atoms with Gasteiger partial charge in [-0.05, 0) is 52.2 Å². The molecule has 0 spiro atoms. The van der Waals surface area contributed by atoms with Crippen molar-refractivity contribution in [1.29, 1.82) is 0 Å². The van der Waals surface area contributed by atoms with E-state index < -0.39 is 0 Å². The van der Waals surface area contributed by atoms with Crippen LogP contribution in [0.2, 0.25) is 5.02 Å². The zero-order chi connectivity index (χ0) is 12.4. The average molecular weight is 332 g/mol. The third kappa shape index (κ3) is 2.89. The molecular formula is C12H12BrClN2S. The molecule has 90 valence electrons. The summed E-state index contributed by atoms with van der Waals surface area (Å²) in [6, 6.07) is 10.0. The summed E-state index contributed by atoms with van der Waals surface area (Å²) in [5.74, 6) is 5.63. The van der Waals surface area contributed by atoms with E-state index in [1.54, 1.807) is 11.3 Å². The molecule has 1 aromatic carbocycles. The van der Waals surface area contributed by atoms with Crippen molar-refractivity contribution in [3.05, 3.63) is 55.1 Å². The molecule has 2 rings (SSSR count). The van der Waals surface area contributed by atoms with Crippen LogP contribution in [0.4, 0.5) is 0 Å². The summed E-state index contributed by atoms with van der Waals surface area (Å²) < 4.78 is 1.09. The lowest BCUT2D eigenvalue weighted by Crippen LogP contribution is -2.28. The fourth-order valence-electron chi connectivity index (χ4n) is 1.61. The minimum atomic E-state index is -0.0237. The Balaban J connectivity index is 2.38. The van der Waals surface area contributed by atoms with Gasteiger partial charge in [-0.25, -0.2) is 5.43 Å². The number of nitrogens with two attached hydrogens (primary N) is 1. The topological polar surface area (TPSA) is 38.0 Å². The molecule has 1 atom stereocenters. The van der Waals surface area contributed by atoms with Crippen molar-refractivity contribution in [2.24, 2.45) is 5.84 Å². The third-order valence-corrected chi connectivity index (χ3v) is 4.67. The Morgan fingerprint density at radius 1 is 1.35 bits per heavy atom. The summed E-state index contributed by atoms with van der Waals surface area (Å²) >= 11 is 11.2. The highest BCUT2D eigenvalue weighted by Crippen LogP contribution is 2.32. The van der Waals surface area contributed by atoms with Crippen LogP contribution in [-0.4, -0.2) is 0 Å². The monoisotopic (exact) mass is 330 g/mol. The molecule has 0 aliphatic heterocycles. The molecule has 17 heavy (non-hydrogen) atoms. The van der Waals surface area contributed by atoms with Crippen LogP contribution in [0.5, 0.6) is 0 Å². The van der Waals surface area contributed by atoms with E-state index in [0.717, 1.165) is 24.8 Å². The predicted molar refractivity (Wildman–Crippen MR) is 77.4 cm³/mol. The molecule has 0 radical (unpaired) electrons. The number of nitrogens with one attached hydrogen (secondary N) is 1. The number of benzene rings is 1. The summed E-state index contributed by atoms with van der Waals surface area (Å²) in [6.45, 7) is 1.98. The summed E-state index contributed by atoms with van der Waals surface area (Å²) in [6.07, 6.45) is 0. The van der Waals surface area contributed by atoms with Crippen molar-refractivity contribution >= 4 is 38.9 Å². The summed E-state index contributed by atoms with van der Waals surface area (Å²) in [5.41, 5.74) is 4.96. The number of halogens is 2. The van der Waals surface area contributed by atoms with Crippen LogP contribution in [0.25, 0.3) is 0 Å². The lowest BCUT2D eigenvalue weighted by molar-refractivity contribution is 0.646. The molecule has 1 aromatic heterocycles. The zero-order valence-corrected chi connectivity index (χ0v) is 12.4. The van der Waals surface area contributed by atoms with E-state index in [2.05, 4.69) is 21.4 Å². The fraction of sp³-hybridized carbons (Fsp3) is 0.167. The second-order valence-electron chi connectivity index (χ2n) is 3.75. The predicted octanol–water partition coefficient (Wildman–Crippen LogP) is 4.03. The normalized spacial score (nSPS) is 12.7. The minimum absolute atomic E-state index is 0.0237. The SMILES string of the molecule is Cc1ccc(C(NN)c2ccc(Br)s2)cc1Cl. The van der Waals surface area contributed by atoms with E-state index in [-0.39, 0.29) is 6.04 Å². The van der Waals surface area contributed by atoms with Crippen molar-refractivity contribution in [2.45, 2.75) is 13.0 Å². The summed E-state index contributed by atoms with van der Waals surface area (Å²) in [7, 11) is 0. The highest BCUT2D eigenvalue weighted by atomic mass is 79.9. The molecule has 0 aliphatic carbocycles. The van der Waals surface area contributed by atoms with Crippen LogP contribution < -0.4 is 11.3 Å². The van der Waals surface area contributed by atoms with Crippen molar-refractivity contribution in [3.8, 4) is 0 Å². The second-order valence-corrected chi connectivity index (χ2v) is 6.65. The number of aryl methyl sites for hydroxylation is 1. The minimum Gasteiger partial charge on any atom is -0.271 e. The molecule has 1 unspecified atom stereocenters. The van der Waals surface area contributed by atoms with Gasteiger partial charge in [0.05, 0.1) is 9.83 Å². The zero-order valence-electron chi connectivity index (χ0n) is 9.21. The molecule has 1 heterocycles. The first-order chi connectivity index (χ1) is 8.11. The van der Waals surface area contributed by atoms with Gasteiger partial charge < -0.3 is 0 Å². The van der Waals surface area contributed by atoms with Crippen LogP contribution in [0.3, 0.4) is 0 Å². The highest BCUT2D eigenvalue weighted by Gasteiger charge is 2.15. The molecule has 0 aliphatic rings. The molecule has 0 amide bonds. The van der Waals surface area contributed by atoms with Crippen LogP contribution in [0, 0.1) is 6.92 Å². The Morgan fingerprint density at radius 3 is 2.65 bits per heavy atom. The number of hydrogen-bond acceptors (Lipinski definition) is 3. The van der Waals surface area contributed by atoms with Gasteiger partial charge in [0, 0.05) is 9.90 Å². The Labute approximate surface area is 118 Å². The molecule has 0 bridgehead atoms. The summed E-state index contributed by atoms with van der Waals surface area (Å²) in [5, 5.41) is 0.762. The Kier molecular flexibility index (Phi) is 4.22. The van der Waals surface area contributed by atoms with E-state index in [1.807, 2.05) is 37.3 Å². The maximum absolute atomic E-state index is 6.13. The van der Waals surface area contributed by atoms with Gasteiger partial charge >= 0.3 is 0 Å². The van der Waals surface area contributed by atoms with Crippen LogP contribution in [0.1, 0.15) is 22.0 Å². The number of thiophene rings is 1. The first-order valence-electron chi connectivity index (χ1n) is 5.09. The lowest BCUT2D eigenvalue weighted by atomic mass is 10.0. The Hall–Kier alpha value is -0.390. The number of hydrogen-bond donors (Lipinski definition) is 2. The van der Waals surface area contributed by atoms with Crippen LogP contribution >= 0.6 is 38.9 Å². The average Bonchev–Trinajstić information content (AvgIpc) is 2.71. The van der Waals surface area contributed by atoms with E-state index in [4.69, 9.17) is 17.4 Å². The van der Waals surface area contributed by atoms with Crippen molar-refractivity contribution in [2.75, 3.05) is 0 Å². The third-order valence-electron chi connectivity index (χ3n) is 2.57. The maximum atomic E-state index is 6.13. The molecule has 2 nitrogen and oxygen atoms in total. The van der Waals surface area contributed by atoms with E-state index in [0.29, 0.717) is 0 Å². The molecule has 0 saturated heterocycles. The Bertz CT molecular complexity index is 527.